The van der Waals surface area contributed by atoms with Crippen molar-refractivity contribution in [2.24, 2.45) is 0 Å². The topological polar surface area (TPSA) is 87.7 Å². The van der Waals surface area contributed by atoms with Gasteiger partial charge in [-0.25, -0.2) is 4.79 Å². The highest BCUT2D eigenvalue weighted by atomic mass is 16.5. The van der Waals surface area contributed by atoms with Crippen LogP contribution in [0.5, 0.6) is 5.75 Å². The number of benzene rings is 2. The lowest BCUT2D eigenvalue weighted by Gasteiger charge is -2.26. The van der Waals surface area contributed by atoms with Gasteiger partial charge in [0.2, 0.25) is 5.54 Å². The van der Waals surface area contributed by atoms with E-state index in [0.29, 0.717) is 23.4 Å². The Labute approximate surface area is 161 Å². The molecule has 0 aliphatic carbocycles. The lowest BCUT2D eigenvalue weighted by molar-refractivity contribution is -0.122. The zero-order chi connectivity index (χ0) is 19.7. The normalized spacial score (nSPS) is 20.2. The first-order valence-corrected chi connectivity index (χ1v) is 8.69. The quantitative estimate of drug-likeness (QED) is 0.625. The average Bonchev–Trinajstić information content (AvgIpc) is 3.16. The van der Waals surface area contributed by atoms with Gasteiger partial charge in [0.15, 0.2) is 0 Å². The average molecular weight is 375 g/mol. The number of hydrogen-bond donors (Lipinski definition) is 2. The van der Waals surface area contributed by atoms with Gasteiger partial charge in [0.25, 0.3) is 11.8 Å². The lowest BCUT2D eigenvalue weighted by atomic mass is 9.99. The predicted octanol–water partition coefficient (Wildman–Crippen LogP) is 1.28. The van der Waals surface area contributed by atoms with E-state index in [1.807, 2.05) is 24.3 Å². The summed E-state index contributed by atoms with van der Waals surface area (Å²) in [6.45, 7) is 0.274. The Morgan fingerprint density at radius 1 is 1.14 bits per heavy atom. The van der Waals surface area contributed by atoms with Crippen molar-refractivity contribution in [3.8, 4) is 17.6 Å². The second-order valence-electron chi connectivity index (χ2n) is 6.61. The van der Waals surface area contributed by atoms with Gasteiger partial charge in [-0.2, -0.15) is 0 Å². The zero-order valence-corrected chi connectivity index (χ0v) is 15.1. The van der Waals surface area contributed by atoms with Crippen LogP contribution >= 0.6 is 0 Å². The van der Waals surface area contributed by atoms with Crippen LogP contribution in [0.25, 0.3) is 0 Å². The molecule has 1 atom stereocenters. The number of amides is 4. The summed E-state index contributed by atoms with van der Waals surface area (Å²) in [5, 5.41) is 4.82. The molecule has 28 heavy (non-hydrogen) atoms. The predicted molar refractivity (Wildman–Crippen MR) is 100 cm³/mol. The molecule has 1 saturated heterocycles. The fourth-order valence-electron chi connectivity index (χ4n) is 3.31. The Kier molecular flexibility index (Phi) is 4.24. The first-order valence-electron chi connectivity index (χ1n) is 8.69. The van der Waals surface area contributed by atoms with E-state index in [4.69, 9.17) is 4.74 Å². The molecule has 4 rings (SSSR count). The van der Waals surface area contributed by atoms with Gasteiger partial charge < -0.3 is 15.0 Å². The lowest BCUT2D eigenvalue weighted by Crippen LogP contribution is -2.54. The molecule has 0 aromatic heterocycles. The molecule has 2 N–H and O–H groups in total. The molecule has 0 radical (unpaired) electrons. The summed E-state index contributed by atoms with van der Waals surface area (Å²) in [7, 11) is 1.53. The standard InChI is InChI=1S/C21H17N3O4/c1-28-16-8-7-15-12-24(18(25)17(15)11-16)13-21(19(26)22-20(27)23-21)10-9-14-5-3-2-4-6-14/h2-8,11H,12-13H2,1H3,(H2,22,23,26,27). The van der Waals surface area contributed by atoms with Crippen LogP contribution in [0.15, 0.2) is 48.5 Å². The second-order valence-corrected chi connectivity index (χ2v) is 6.61. The van der Waals surface area contributed by atoms with Crippen LogP contribution in [-0.4, -0.2) is 41.9 Å². The first kappa shape index (κ1) is 17.6. The number of ether oxygens (including phenoxy) is 1. The molecule has 2 aliphatic rings. The molecule has 2 heterocycles. The van der Waals surface area contributed by atoms with Crippen molar-refractivity contribution in [3.05, 3.63) is 65.2 Å². The maximum atomic E-state index is 12.8. The van der Waals surface area contributed by atoms with E-state index in [-0.39, 0.29) is 12.5 Å². The Bertz CT molecular complexity index is 1040. The van der Waals surface area contributed by atoms with Crippen LogP contribution < -0.4 is 15.4 Å². The Hall–Kier alpha value is -3.79. The largest absolute Gasteiger partial charge is 0.497 e. The molecule has 1 unspecified atom stereocenters. The first-order chi connectivity index (χ1) is 13.5. The van der Waals surface area contributed by atoms with E-state index >= 15 is 0 Å². The summed E-state index contributed by atoms with van der Waals surface area (Å²) < 4.78 is 5.18. The fourth-order valence-corrected chi connectivity index (χ4v) is 3.31. The number of methoxy groups -OCH3 is 1. The van der Waals surface area contributed by atoms with Gasteiger partial charge >= 0.3 is 6.03 Å². The number of nitrogens with one attached hydrogen (secondary N) is 2. The minimum Gasteiger partial charge on any atom is -0.497 e. The molecule has 4 amide bonds. The van der Waals surface area contributed by atoms with Crippen molar-refractivity contribution in [1.29, 1.82) is 0 Å². The second kappa shape index (κ2) is 6.74. The summed E-state index contributed by atoms with van der Waals surface area (Å²) in [5.41, 5.74) is 0.558. The van der Waals surface area contributed by atoms with Gasteiger partial charge in [-0.15, -0.1) is 0 Å². The number of carbonyl (C=O) groups is 3. The van der Waals surface area contributed by atoms with Gasteiger partial charge in [-0.3, -0.25) is 14.9 Å². The summed E-state index contributed by atoms with van der Waals surface area (Å²) >= 11 is 0. The third-order valence-electron chi connectivity index (χ3n) is 4.76. The van der Waals surface area contributed by atoms with Crippen LogP contribution in [0.4, 0.5) is 4.79 Å². The van der Waals surface area contributed by atoms with E-state index in [9.17, 15) is 14.4 Å². The van der Waals surface area contributed by atoms with Crippen molar-refractivity contribution >= 4 is 17.8 Å². The molecule has 0 spiro atoms. The number of carbonyl (C=O) groups excluding carboxylic acids is 3. The number of rotatable bonds is 3. The molecular weight excluding hydrogens is 358 g/mol. The van der Waals surface area contributed by atoms with E-state index in [2.05, 4.69) is 22.5 Å². The number of imide groups is 1. The maximum Gasteiger partial charge on any atom is 0.323 e. The van der Waals surface area contributed by atoms with Crippen molar-refractivity contribution in [2.75, 3.05) is 13.7 Å². The molecule has 2 aliphatic heterocycles. The third-order valence-corrected chi connectivity index (χ3v) is 4.76. The molecule has 7 nitrogen and oxygen atoms in total. The van der Waals surface area contributed by atoms with Crippen molar-refractivity contribution in [1.82, 2.24) is 15.5 Å². The highest BCUT2D eigenvalue weighted by Gasteiger charge is 2.48. The van der Waals surface area contributed by atoms with Crippen molar-refractivity contribution in [2.45, 2.75) is 12.1 Å². The van der Waals surface area contributed by atoms with Crippen LogP contribution in [0.3, 0.4) is 0 Å². The Balaban J connectivity index is 1.65. The fraction of sp³-hybridized carbons (Fsp3) is 0.190. The number of fused-ring (bicyclic) bond motifs is 1. The molecule has 0 bridgehead atoms. The van der Waals surface area contributed by atoms with E-state index in [1.165, 1.54) is 12.0 Å². The Morgan fingerprint density at radius 3 is 2.61 bits per heavy atom. The van der Waals surface area contributed by atoms with Crippen molar-refractivity contribution < 1.29 is 19.1 Å². The molecular formula is C21H17N3O4. The van der Waals surface area contributed by atoms with Crippen LogP contribution in [0.2, 0.25) is 0 Å². The summed E-state index contributed by atoms with van der Waals surface area (Å²) in [4.78, 5) is 38.7. The number of hydrogen-bond acceptors (Lipinski definition) is 4. The molecule has 1 fully saturated rings. The van der Waals surface area contributed by atoms with Crippen LogP contribution in [0.1, 0.15) is 21.5 Å². The van der Waals surface area contributed by atoms with Gasteiger partial charge in [0.05, 0.1) is 13.7 Å². The molecule has 7 heteroatoms. The molecule has 2 aromatic rings. The van der Waals surface area contributed by atoms with Gasteiger partial charge in [0.1, 0.15) is 5.75 Å². The van der Waals surface area contributed by atoms with Crippen LogP contribution in [-0.2, 0) is 11.3 Å². The molecule has 2 aromatic carbocycles. The van der Waals surface area contributed by atoms with E-state index in [1.54, 1.807) is 24.3 Å². The minimum atomic E-state index is -1.51. The summed E-state index contributed by atoms with van der Waals surface area (Å²) in [6, 6.07) is 13.8. The number of nitrogens with zero attached hydrogens (tertiary/aromatic N) is 1. The monoisotopic (exact) mass is 375 g/mol. The smallest absolute Gasteiger partial charge is 0.323 e. The van der Waals surface area contributed by atoms with Gasteiger partial charge in [0, 0.05) is 17.7 Å². The molecule has 0 saturated carbocycles. The number of urea groups is 1. The van der Waals surface area contributed by atoms with E-state index in [0.717, 1.165) is 5.56 Å². The summed E-state index contributed by atoms with van der Waals surface area (Å²) in [6.07, 6.45) is 0. The zero-order valence-electron chi connectivity index (χ0n) is 15.1. The molecule has 140 valence electrons. The van der Waals surface area contributed by atoms with Crippen molar-refractivity contribution in [3.63, 3.8) is 0 Å². The van der Waals surface area contributed by atoms with Gasteiger partial charge in [-0.05, 0) is 29.8 Å². The maximum absolute atomic E-state index is 12.8. The van der Waals surface area contributed by atoms with Crippen LogP contribution in [0, 0.1) is 11.8 Å². The highest BCUT2D eigenvalue weighted by molar-refractivity contribution is 6.10. The van der Waals surface area contributed by atoms with Gasteiger partial charge in [-0.1, -0.05) is 36.1 Å². The SMILES string of the molecule is COc1ccc2c(c1)C(=O)N(CC1(C#Cc3ccccc3)NC(=O)NC1=O)C2. The van der Waals surface area contributed by atoms with E-state index < -0.39 is 17.5 Å². The summed E-state index contributed by atoms with van der Waals surface area (Å²) in [5.74, 6) is 5.58. The third kappa shape index (κ3) is 3.05. The minimum absolute atomic E-state index is 0.0553. The highest BCUT2D eigenvalue weighted by Crippen LogP contribution is 2.28. The Morgan fingerprint density at radius 2 is 1.93 bits per heavy atom.